The number of nitrogens with one attached hydrogen (secondary N) is 2. The molecule has 0 bridgehead atoms. The van der Waals surface area contributed by atoms with Crippen molar-refractivity contribution >= 4 is 68.2 Å². The molecule has 0 atom stereocenters. The predicted octanol–water partition coefficient (Wildman–Crippen LogP) is 10.6. The molecule has 0 radical (unpaired) electrons. The van der Waals surface area contributed by atoms with Gasteiger partial charge in [-0.2, -0.15) is 4.73 Å². The Morgan fingerprint density at radius 1 is 0.566 bits per heavy atom. The number of aromatic nitrogens is 4. The Morgan fingerprint density at radius 2 is 1.06 bits per heavy atom. The zero-order valence-electron chi connectivity index (χ0n) is 26.9. The van der Waals surface area contributed by atoms with Gasteiger partial charge in [0, 0.05) is 61.9 Å². The minimum absolute atomic E-state index is 0.0268. The Balaban J connectivity index is 0.000000164. The summed E-state index contributed by atoms with van der Waals surface area (Å²) >= 11 is 25.3. The van der Waals surface area contributed by atoms with Crippen LogP contribution in [0.2, 0.25) is 20.1 Å². The monoisotopic (exact) mass is 784 g/mol. The number of hydrogen-bond acceptors (Lipinski definition) is 4. The SMILES string of the molecule is O=c1cc(-c2ccccc2Cl)c2cc[n+]([O-])c(-c3c(F)cccc3F)c2[nH]1.O=c1cc(-c2ccccc2Cl)c2ccnc(-c3c(Cl)cccc3Cl)c2[nH]1. The molecular weight excluding hydrogens is 764 g/mol. The van der Waals surface area contributed by atoms with Gasteiger partial charge in [0.25, 0.3) is 5.69 Å². The summed E-state index contributed by atoms with van der Waals surface area (Å²) in [6.07, 6.45) is 2.80. The summed E-state index contributed by atoms with van der Waals surface area (Å²) in [6, 6.07) is 29.0. The van der Waals surface area contributed by atoms with Gasteiger partial charge in [-0.15, -0.1) is 0 Å². The first-order chi connectivity index (χ1) is 25.5. The minimum Gasteiger partial charge on any atom is -0.618 e. The van der Waals surface area contributed by atoms with E-state index in [4.69, 9.17) is 46.4 Å². The number of rotatable bonds is 4. The third-order valence-electron chi connectivity index (χ3n) is 8.41. The van der Waals surface area contributed by atoms with Crippen molar-refractivity contribution in [3.05, 3.63) is 179 Å². The van der Waals surface area contributed by atoms with E-state index in [0.29, 0.717) is 58.1 Å². The highest BCUT2D eigenvalue weighted by Gasteiger charge is 2.25. The lowest BCUT2D eigenvalue weighted by Gasteiger charge is -2.12. The van der Waals surface area contributed by atoms with Gasteiger partial charge >= 0.3 is 0 Å². The van der Waals surface area contributed by atoms with E-state index >= 15 is 0 Å². The maximum absolute atomic E-state index is 14.3. The normalized spacial score (nSPS) is 11.1. The van der Waals surface area contributed by atoms with E-state index < -0.39 is 22.8 Å². The molecule has 13 heteroatoms. The number of fused-ring (bicyclic) bond motifs is 2. The van der Waals surface area contributed by atoms with Gasteiger partial charge in [-0.05, 0) is 53.6 Å². The molecule has 0 amide bonds. The molecular formula is C40H22Cl4F2N4O3. The Kier molecular flexibility index (Phi) is 10.0. The van der Waals surface area contributed by atoms with Crippen LogP contribution in [0.15, 0.2) is 131 Å². The molecule has 8 rings (SSSR count). The molecule has 8 aromatic rings. The molecule has 0 unspecified atom stereocenters. The van der Waals surface area contributed by atoms with E-state index in [1.165, 1.54) is 24.3 Å². The van der Waals surface area contributed by atoms with Gasteiger partial charge in [-0.1, -0.05) is 94.9 Å². The van der Waals surface area contributed by atoms with E-state index in [9.17, 15) is 23.6 Å². The predicted molar refractivity (Wildman–Crippen MR) is 208 cm³/mol. The molecule has 0 saturated heterocycles. The van der Waals surface area contributed by atoms with Crippen LogP contribution in [0.4, 0.5) is 8.78 Å². The number of pyridine rings is 4. The number of halogens is 6. The molecule has 7 nitrogen and oxygen atoms in total. The zero-order chi connectivity index (χ0) is 37.4. The summed E-state index contributed by atoms with van der Waals surface area (Å²) in [6.45, 7) is 0. The van der Waals surface area contributed by atoms with Crippen LogP contribution in [0.25, 0.3) is 66.6 Å². The summed E-state index contributed by atoms with van der Waals surface area (Å²) < 4.78 is 29.0. The van der Waals surface area contributed by atoms with Crippen molar-refractivity contribution in [2.24, 2.45) is 0 Å². The van der Waals surface area contributed by atoms with E-state index in [2.05, 4.69) is 15.0 Å². The minimum atomic E-state index is -0.906. The molecule has 0 saturated carbocycles. The van der Waals surface area contributed by atoms with Gasteiger partial charge in [0.1, 0.15) is 22.7 Å². The lowest BCUT2D eigenvalue weighted by molar-refractivity contribution is -0.592. The molecule has 0 fully saturated rings. The largest absolute Gasteiger partial charge is 0.618 e. The molecule has 2 N–H and O–H groups in total. The first kappa shape index (κ1) is 35.8. The smallest absolute Gasteiger partial charge is 0.254 e. The second-order valence-electron chi connectivity index (χ2n) is 11.6. The summed E-state index contributed by atoms with van der Waals surface area (Å²) in [4.78, 5) is 34.4. The molecule has 0 spiro atoms. The molecule has 4 aromatic carbocycles. The van der Waals surface area contributed by atoms with Crippen LogP contribution in [0.3, 0.4) is 0 Å². The Labute approximate surface area is 319 Å². The highest BCUT2D eigenvalue weighted by atomic mass is 35.5. The fourth-order valence-electron chi connectivity index (χ4n) is 6.12. The molecule has 4 aromatic heterocycles. The van der Waals surface area contributed by atoms with Crippen molar-refractivity contribution in [1.82, 2.24) is 15.0 Å². The van der Waals surface area contributed by atoms with E-state index in [1.54, 1.807) is 54.7 Å². The molecule has 262 valence electrons. The van der Waals surface area contributed by atoms with Crippen molar-refractivity contribution in [3.8, 4) is 44.8 Å². The third kappa shape index (κ3) is 6.88. The maximum atomic E-state index is 14.3. The van der Waals surface area contributed by atoms with Crippen LogP contribution in [0.5, 0.6) is 0 Å². The first-order valence-electron chi connectivity index (χ1n) is 15.7. The quantitative estimate of drug-likeness (QED) is 0.137. The summed E-state index contributed by atoms with van der Waals surface area (Å²) in [7, 11) is 0. The summed E-state index contributed by atoms with van der Waals surface area (Å²) in [5.74, 6) is -1.81. The van der Waals surface area contributed by atoms with Gasteiger partial charge in [0.15, 0.2) is 6.20 Å². The molecule has 0 aliphatic carbocycles. The number of nitrogens with zero attached hydrogens (tertiary/aromatic N) is 2. The van der Waals surface area contributed by atoms with E-state index in [1.807, 2.05) is 24.3 Å². The number of benzene rings is 4. The van der Waals surface area contributed by atoms with Crippen LogP contribution >= 0.6 is 46.4 Å². The Morgan fingerprint density at radius 3 is 1.62 bits per heavy atom. The highest BCUT2D eigenvalue weighted by Crippen LogP contribution is 2.39. The molecule has 53 heavy (non-hydrogen) atoms. The second kappa shape index (κ2) is 14.8. The maximum Gasteiger partial charge on any atom is 0.254 e. The van der Waals surface area contributed by atoms with Crippen LogP contribution < -0.4 is 15.8 Å². The Hall–Kier alpha value is -5.58. The van der Waals surface area contributed by atoms with Gasteiger partial charge < -0.3 is 15.2 Å². The van der Waals surface area contributed by atoms with Crippen LogP contribution in [0.1, 0.15) is 0 Å². The summed E-state index contributed by atoms with van der Waals surface area (Å²) in [5, 5.41) is 15.5. The van der Waals surface area contributed by atoms with Gasteiger partial charge in [-0.25, -0.2) is 8.78 Å². The fraction of sp³-hybridized carbons (Fsp3) is 0. The van der Waals surface area contributed by atoms with Crippen molar-refractivity contribution in [1.29, 1.82) is 0 Å². The average molecular weight is 786 g/mol. The van der Waals surface area contributed by atoms with Crippen LogP contribution in [0, 0.1) is 16.8 Å². The average Bonchev–Trinajstić information content (AvgIpc) is 3.12. The van der Waals surface area contributed by atoms with E-state index in [-0.39, 0.29) is 16.8 Å². The summed E-state index contributed by atoms with van der Waals surface area (Å²) in [5.41, 5.74) is 2.60. The lowest BCUT2D eigenvalue weighted by atomic mass is 9.99. The first-order valence-corrected chi connectivity index (χ1v) is 17.2. The van der Waals surface area contributed by atoms with Gasteiger partial charge in [0.05, 0.1) is 21.3 Å². The zero-order valence-corrected chi connectivity index (χ0v) is 30.0. The van der Waals surface area contributed by atoms with Crippen molar-refractivity contribution in [2.75, 3.05) is 0 Å². The number of H-pyrrole nitrogens is 2. The standard InChI is InChI=1S/C20H11Cl3N2O.C20H11ClF2N2O2/c21-14-5-2-1-4-11(14)13-10-17(26)25-19-12(13)8-9-24-20(19)18-15(22)6-3-7-16(18)23;21-14-5-2-1-4-11(14)13-10-17(26)24-19-12(13)8-9-25(27)20(19)18-15(22)6-3-7-16(18)23/h1-10H,(H,25,26);1-10H,(H,24,26). The van der Waals surface area contributed by atoms with Crippen molar-refractivity contribution < 1.29 is 13.5 Å². The number of hydrogen-bond donors (Lipinski definition) is 2. The second-order valence-corrected chi connectivity index (χ2v) is 13.2. The van der Waals surface area contributed by atoms with Crippen molar-refractivity contribution in [3.63, 3.8) is 0 Å². The third-order valence-corrected chi connectivity index (χ3v) is 9.70. The van der Waals surface area contributed by atoms with Gasteiger partial charge in [0.2, 0.25) is 11.1 Å². The molecule has 0 aliphatic rings. The fourth-order valence-corrected chi connectivity index (χ4v) is 7.17. The number of aromatic amines is 2. The van der Waals surface area contributed by atoms with Gasteiger partial charge in [-0.3, -0.25) is 14.6 Å². The highest BCUT2D eigenvalue weighted by molar-refractivity contribution is 6.39. The van der Waals surface area contributed by atoms with E-state index in [0.717, 1.165) is 34.8 Å². The van der Waals surface area contributed by atoms with Crippen LogP contribution in [-0.4, -0.2) is 15.0 Å². The molecule has 4 heterocycles. The molecule has 0 aliphatic heterocycles. The van der Waals surface area contributed by atoms with Crippen LogP contribution in [-0.2, 0) is 0 Å². The van der Waals surface area contributed by atoms with Crippen molar-refractivity contribution in [2.45, 2.75) is 0 Å². The topological polar surface area (TPSA) is 106 Å². The lowest BCUT2D eigenvalue weighted by Crippen LogP contribution is -2.30. The Bertz CT molecular complexity index is 2800.